The average Bonchev–Trinajstić information content (AvgIpc) is 2.38. The third-order valence-electron chi connectivity index (χ3n) is 3.66. The minimum atomic E-state index is -0.720. The highest BCUT2D eigenvalue weighted by atomic mass is 16.4. The topological polar surface area (TPSA) is 37.3 Å². The van der Waals surface area contributed by atoms with Crippen LogP contribution in [0.4, 0.5) is 0 Å². The third kappa shape index (κ3) is 2.53. The number of hydrogen-bond donors (Lipinski definition) is 1. The molecule has 2 atom stereocenters. The first-order chi connectivity index (χ1) is 8.59. The molecule has 2 rings (SSSR count). The van der Waals surface area contributed by atoms with Crippen LogP contribution in [0.3, 0.4) is 0 Å². The summed E-state index contributed by atoms with van der Waals surface area (Å²) in [5, 5.41) is 11.5. The van der Waals surface area contributed by atoms with Crippen molar-refractivity contribution in [2.24, 2.45) is 11.8 Å². The van der Waals surface area contributed by atoms with Gasteiger partial charge in [-0.1, -0.05) is 56.3 Å². The summed E-state index contributed by atoms with van der Waals surface area (Å²) < 4.78 is 0. The molecule has 2 heteroatoms. The van der Waals surface area contributed by atoms with E-state index in [0.717, 1.165) is 6.42 Å². The van der Waals surface area contributed by atoms with Gasteiger partial charge in [0.25, 0.3) is 0 Å². The van der Waals surface area contributed by atoms with Crippen molar-refractivity contribution in [1.82, 2.24) is 0 Å². The number of aliphatic carboxylic acids is 1. The minimum Gasteiger partial charge on any atom is -0.481 e. The smallest absolute Gasteiger partial charge is 0.306 e. The van der Waals surface area contributed by atoms with E-state index in [0.29, 0.717) is 0 Å². The van der Waals surface area contributed by atoms with Crippen LogP contribution in [0, 0.1) is 11.8 Å². The van der Waals surface area contributed by atoms with Crippen molar-refractivity contribution in [3.05, 3.63) is 48.0 Å². The van der Waals surface area contributed by atoms with Crippen LogP contribution in [0.15, 0.2) is 42.5 Å². The lowest BCUT2D eigenvalue weighted by atomic mass is 9.88. The van der Waals surface area contributed by atoms with E-state index in [-0.39, 0.29) is 11.8 Å². The first kappa shape index (κ1) is 12.6. The van der Waals surface area contributed by atoms with Crippen molar-refractivity contribution < 1.29 is 9.90 Å². The summed E-state index contributed by atoms with van der Waals surface area (Å²) in [5.74, 6) is -0.903. The second kappa shape index (κ2) is 5.21. The Morgan fingerprint density at radius 3 is 2.50 bits per heavy atom. The maximum absolute atomic E-state index is 11.0. The number of carboxylic acids is 1. The van der Waals surface area contributed by atoms with Gasteiger partial charge in [-0.05, 0) is 28.7 Å². The second-order valence-electron chi connectivity index (χ2n) is 4.95. The number of fused-ring (bicyclic) bond motifs is 1. The van der Waals surface area contributed by atoms with Crippen LogP contribution in [-0.4, -0.2) is 11.1 Å². The SMILES string of the molecule is CC(Cc1cccc2ccccc12)C(C)C(=O)O. The maximum Gasteiger partial charge on any atom is 0.306 e. The van der Waals surface area contributed by atoms with E-state index >= 15 is 0 Å². The molecule has 0 bridgehead atoms. The van der Waals surface area contributed by atoms with Crippen molar-refractivity contribution in [2.75, 3.05) is 0 Å². The van der Waals surface area contributed by atoms with Gasteiger partial charge in [-0.25, -0.2) is 0 Å². The Balaban J connectivity index is 2.29. The summed E-state index contributed by atoms with van der Waals surface area (Å²) in [4.78, 5) is 11.0. The van der Waals surface area contributed by atoms with E-state index in [1.54, 1.807) is 6.92 Å². The second-order valence-corrected chi connectivity index (χ2v) is 4.95. The van der Waals surface area contributed by atoms with Gasteiger partial charge in [-0.3, -0.25) is 4.79 Å². The van der Waals surface area contributed by atoms with Gasteiger partial charge in [0.2, 0.25) is 0 Å². The average molecular weight is 242 g/mol. The molecule has 2 nitrogen and oxygen atoms in total. The Bertz CT molecular complexity index is 555. The Hall–Kier alpha value is -1.83. The molecule has 94 valence electrons. The molecule has 2 aromatic carbocycles. The van der Waals surface area contributed by atoms with E-state index in [1.165, 1.54) is 16.3 Å². The van der Waals surface area contributed by atoms with Crippen LogP contribution in [0.25, 0.3) is 10.8 Å². The molecule has 18 heavy (non-hydrogen) atoms. The monoisotopic (exact) mass is 242 g/mol. The van der Waals surface area contributed by atoms with E-state index in [1.807, 2.05) is 25.1 Å². The Kier molecular flexibility index (Phi) is 3.66. The standard InChI is InChI=1S/C16H18O2/c1-11(12(2)16(17)18)10-14-8-5-7-13-6-3-4-9-15(13)14/h3-9,11-12H,10H2,1-2H3,(H,17,18). The van der Waals surface area contributed by atoms with Gasteiger partial charge in [0.1, 0.15) is 0 Å². The number of benzene rings is 2. The van der Waals surface area contributed by atoms with Crippen molar-refractivity contribution in [2.45, 2.75) is 20.3 Å². The number of carboxylic acid groups (broad SMARTS) is 1. The molecule has 0 amide bonds. The first-order valence-corrected chi connectivity index (χ1v) is 6.29. The predicted octanol–water partition coefficient (Wildman–Crippen LogP) is 3.74. The molecule has 0 saturated carbocycles. The van der Waals surface area contributed by atoms with Gasteiger partial charge >= 0.3 is 5.97 Å². The van der Waals surface area contributed by atoms with Crippen molar-refractivity contribution in [3.63, 3.8) is 0 Å². The molecule has 0 heterocycles. The molecule has 0 aromatic heterocycles. The maximum atomic E-state index is 11.0. The molecular weight excluding hydrogens is 224 g/mol. The lowest BCUT2D eigenvalue weighted by molar-refractivity contribution is -0.142. The van der Waals surface area contributed by atoms with Crippen LogP contribution in [0.2, 0.25) is 0 Å². The summed E-state index contributed by atoms with van der Waals surface area (Å²) in [6, 6.07) is 14.5. The summed E-state index contributed by atoms with van der Waals surface area (Å²) >= 11 is 0. The predicted molar refractivity (Wildman–Crippen MR) is 73.6 cm³/mol. The normalized spacial score (nSPS) is 14.3. The lowest BCUT2D eigenvalue weighted by Gasteiger charge is -2.17. The van der Waals surface area contributed by atoms with Gasteiger partial charge in [0.05, 0.1) is 5.92 Å². The fraction of sp³-hybridized carbons (Fsp3) is 0.312. The molecule has 2 unspecified atom stereocenters. The third-order valence-corrected chi connectivity index (χ3v) is 3.66. The Morgan fingerprint density at radius 2 is 1.78 bits per heavy atom. The van der Waals surface area contributed by atoms with Crippen molar-refractivity contribution in [1.29, 1.82) is 0 Å². The van der Waals surface area contributed by atoms with Crippen molar-refractivity contribution in [3.8, 4) is 0 Å². The quantitative estimate of drug-likeness (QED) is 0.886. The van der Waals surface area contributed by atoms with E-state index in [2.05, 4.69) is 24.3 Å². The minimum absolute atomic E-state index is 0.133. The molecule has 0 saturated heterocycles. The summed E-state index contributed by atoms with van der Waals surface area (Å²) in [5.41, 5.74) is 1.23. The summed E-state index contributed by atoms with van der Waals surface area (Å²) in [6.07, 6.45) is 0.800. The highest BCUT2D eigenvalue weighted by Gasteiger charge is 2.20. The Labute approximate surface area is 107 Å². The van der Waals surface area contributed by atoms with Gasteiger partial charge < -0.3 is 5.11 Å². The van der Waals surface area contributed by atoms with Gasteiger partial charge in [-0.2, -0.15) is 0 Å². The largest absolute Gasteiger partial charge is 0.481 e. The van der Waals surface area contributed by atoms with E-state index in [4.69, 9.17) is 5.11 Å². The Morgan fingerprint density at radius 1 is 1.11 bits per heavy atom. The molecule has 1 N–H and O–H groups in total. The van der Waals surface area contributed by atoms with Crippen LogP contribution < -0.4 is 0 Å². The van der Waals surface area contributed by atoms with Crippen LogP contribution in [0.5, 0.6) is 0 Å². The molecule has 0 aliphatic carbocycles. The number of carbonyl (C=O) groups is 1. The van der Waals surface area contributed by atoms with Crippen LogP contribution in [-0.2, 0) is 11.2 Å². The zero-order chi connectivity index (χ0) is 13.1. The molecule has 0 fully saturated rings. The first-order valence-electron chi connectivity index (χ1n) is 6.29. The summed E-state index contributed by atoms with van der Waals surface area (Å²) in [6.45, 7) is 3.78. The molecule has 0 aliphatic heterocycles. The van der Waals surface area contributed by atoms with Gasteiger partial charge in [0.15, 0.2) is 0 Å². The van der Waals surface area contributed by atoms with Crippen LogP contribution in [0.1, 0.15) is 19.4 Å². The van der Waals surface area contributed by atoms with E-state index < -0.39 is 5.97 Å². The summed E-state index contributed by atoms with van der Waals surface area (Å²) in [7, 11) is 0. The highest BCUT2D eigenvalue weighted by molar-refractivity contribution is 5.85. The molecule has 0 spiro atoms. The lowest BCUT2D eigenvalue weighted by Crippen LogP contribution is -2.20. The molecule has 0 radical (unpaired) electrons. The van der Waals surface area contributed by atoms with Gasteiger partial charge in [0, 0.05) is 0 Å². The molecule has 0 aliphatic rings. The fourth-order valence-corrected chi connectivity index (χ4v) is 2.24. The van der Waals surface area contributed by atoms with Crippen molar-refractivity contribution >= 4 is 16.7 Å². The zero-order valence-corrected chi connectivity index (χ0v) is 10.8. The molecular formula is C16H18O2. The van der Waals surface area contributed by atoms with Crippen LogP contribution >= 0.6 is 0 Å². The number of rotatable bonds is 4. The highest BCUT2D eigenvalue weighted by Crippen LogP contribution is 2.24. The molecule has 2 aromatic rings. The van der Waals surface area contributed by atoms with E-state index in [9.17, 15) is 4.79 Å². The van der Waals surface area contributed by atoms with Gasteiger partial charge in [-0.15, -0.1) is 0 Å². The zero-order valence-electron chi connectivity index (χ0n) is 10.8. The number of hydrogen-bond acceptors (Lipinski definition) is 1. The fourth-order valence-electron chi connectivity index (χ4n) is 2.24.